The van der Waals surface area contributed by atoms with Crippen LogP contribution in [0.4, 0.5) is 22.7 Å². The molecule has 0 saturated heterocycles. The first kappa shape index (κ1) is 48.8. The Labute approximate surface area is 311 Å². The van der Waals surface area contributed by atoms with Crippen LogP contribution >= 0.6 is 0 Å². The Kier molecular flexibility index (Phi) is 18.9. The number of carbonyl (C=O) groups is 2. The monoisotopic (exact) mass is 740 g/mol. The lowest BCUT2D eigenvalue weighted by Crippen LogP contribution is -2.24. The van der Waals surface area contributed by atoms with Gasteiger partial charge in [-0.05, 0) is 77.9 Å². The fourth-order valence-electron chi connectivity index (χ4n) is 3.79. The Morgan fingerprint density at radius 3 is 1.40 bits per heavy atom. The maximum absolute atomic E-state index is 12.1. The molecule has 0 amide bonds. The average molecular weight is 741 g/mol. The molecule has 0 aliphatic rings. The van der Waals surface area contributed by atoms with E-state index in [1.807, 2.05) is 0 Å². The third-order valence-electron chi connectivity index (χ3n) is 5.78. The van der Waals surface area contributed by atoms with Crippen LogP contribution in [0.25, 0.3) is 0 Å². The Balaban J connectivity index is 0. The van der Waals surface area contributed by atoms with Crippen LogP contribution < -0.4 is 20.5 Å². The van der Waals surface area contributed by atoms with Crippen LogP contribution in [0, 0.1) is 20.2 Å². The second-order valence-corrected chi connectivity index (χ2v) is 12.1. The third kappa shape index (κ3) is 15.2. The minimum atomic E-state index is -0.646. The lowest BCUT2D eigenvalue weighted by molar-refractivity contribution is -0.384. The minimum Gasteiger partial charge on any atom is -0.457 e. The number of hydrogen-bond acceptors (Lipinski definition) is 14. The van der Waals surface area contributed by atoms with E-state index in [1.165, 1.54) is 54.9 Å². The number of nitrogens with two attached hydrogens (primary N) is 1. The summed E-state index contributed by atoms with van der Waals surface area (Å²) < 4.78 is 21.6. The number of carbonyl (C=O) groups excluding carboxylic acids is 2. The van der Waals surface area contributed by atoms with Crippen molar-refractivity contribution >= 4 is 34.7 Å². The predicted octanol–water partition coefficient (Wildman–Crippen LogP) is 9.64. The zero-order chi connectivity index (χ0) is 36.5. The molecule has 0 unspecified atom stereocenters. The molecule has 4 rings (SSSR count). The van der Waals surface area contributed by atoms with E-state index in [0.29, 0.717) is 17.2 Å². The highest BCUT2D eigenvalue weighted by atomic mass is 16.6. The normalized spacial score (nSPS) is 10.1. The molecule has 16 nitrogen and oxygen atoms in total. The number of pyridine rings is 2. The van der Waals surface area contributed by atoms with Crippen molar-refractivity contribution in [1.82, 2.24) is 9.97 Å². The first-order valence-electron chi connectivity index (χ1n) is 14.6. The number of hydrogen-bond donors (Lipinski definition) is 2. The second-order valence-electron chi connectivity index (χ2n) is 12.1. The van der Waals surface area contributed by atoms with Crippen molar-refractivity contribution in [3.63, 3.8) is 0 Å². The molecular formula is C37H52N6O10. The molecule has 0 spiro atoms. The summed E-state index contributed by atoms with van der Waals surface area (Å²) in [6.07, 6.45) is 2.80. The molecule has 3 N–H and O–H groups in total. The summed E-state index contributed by atoms with van der Waals surface area (Å²) in [6.45, 7) is 10.5. The number of esters is 2. The summed E-state index contributed by atoms with van der Waals surface area (Å²) in [5.41, 5.74) is 4.47. The van der Waals surface area contributed by atoms with Gasteiger partial charge in [0.1, 0.15) is 45.6 Å². The van der Waals surface area contributed by atoms with Gasteiger partial charge in [-0.1, -0.05) is 29.7 Å². The Bertz CT molecular complexity index is 1850. The summed E-state index contributed by atoms with van der Waals surface area (Å²) in [4.78, 5) is 52.9. The second kappa shape index (κ2) is 20.5. The maximum Gasteiger partial charge on any atom is 0.357 e. The Morgan fingerprint density at radius 2 is 1.02 bits per heavy atom. The number of nitrogen functional groups attached to an aromatic ring is 1. The van der Waals surface area contributed by atoms with Gasteiger partial charge in [0.2, 0.25) is 0 Å². The summed E-state index contributed by atoms with van der Waals surface area (Å²) in [5, 5.41) is 24.7. The van der Waals surface area contributed by atoms with Crippen LogP contribution in [0.2, 0.25) is 0 Å². The van der Waals surface area contributed by atoms with Crippen LogP contribution in [-0.4, -0.2) is 50.0 Å². The number of anilines is 2. The standard InChI is InChI=1S/C17H19N3O5.C16H17N3O5.4CH4/c1-17(2,3)25-16(21)14-9-12(7-8-19-14)24-11-5-6-13(18-4)15(10-11)20(22)23;1-16(2,3)24-15(20)13-8-11(6-7-18-13)23-10-4-5-12(17)14(9-10)19(21)22;;;;/h5-10,18H,1-4H3;4-9H,17H2,1-3H3;4*1H4. The summed E-state index contributed by atoms with van der Waals surface area (Å²) in [7, 11) is 1.60. The van der Waals surface area contributed by atoms with Crippen LogP contribution in [0.3, 0.4) is 0 Å². The number of benzene rings is 2. The van der Waals surface area contributed by atoms with Crippen molar-refractivity contribution in [2.75, 3.05) is 18.1 Å². The highest BCUT2D eigenvalue weighted by Crippen LogP contribution is 2.32. The van der Waals surface area contributed by atoms with Gasteiger partial charge in [-0.2, -0.15) is 0 Å². The molecule has 2 heterocycles. The molecule has 290 valence electrons. The van der Waals surface area contributed by atoms with E-state index in [9.17, 15) is 29.8 Å². The molecule has 53 heavy (non-hydrogen) atoms. The van der Waals surface area contributed by atoms with Crippen molar-refractivity contribution in [3.8, 4) is 23.0 Å². The van der Waals surface area contributed by atoms with Gasteiger partial charge in [0.25, 0.3) is 11.4 Å². The van der Waals surface area contributed by atoms with E-state index in [1.54, 1.807) is 66.8 Å². The van der Waals surface area contributed by atoms with E-state index < -0.39 is 33.0 Å². The lowest BCUT2D eigenvalue weighted by atomic mass is 10.2. The van der Waals surface area contributed by atoms with E-state index in [4.69, 9.17) is 24.7 Å². The van der Waals surface area contributed by atoms with E-state index in [-0.39, 0.29) is 69.7 Å². The summed E-state index contributed by atoms with van der Waals surface area (Å²) >= 11 is 0. The number of nitrogens with one attached hydrogen (secondary N) is 1. The first-order chi connectivity index (χ1) is 22.8. The van der Waals surface area contributed by atoms with E-state index in [2.05, 4.69) is 15.3 Å². The third-order valence-corrected chi connectivity index (χ3v) is 5.78. The van der Waals surface area contributed by atoms with Gasteiger partial charge in [0.05, 0.1) is 22.0 Å². The zero-order valence-electron chi connectivity index (χ0n) is 27.9. The molecule has 0 bridgehead atoms. The van der Waals surface area contributed by atoms with E-state index >= 15 is 0 Å². The van der Waals surface area contributed by atoms with Crippen LogP contribution in [-0.2, 0) is 9.47 Å². The number of nitro benzene ring substituents is 2. The van der Waals surface area contributed by atoms with E-state index in [0.717, 1.165) is 0 Å². The SMILES string of the molecule is C.C.C.C.CC(C)(C)OC(=O)c1cc(Oc2ccc(N)c([N+](=O)[O-])c2)ccn1.CNc1ccc(Oc2ccnc(C(=O)OC(C)(C)C)c2)cc1[N+](=O)[O-]. The van der Waals surface area contributed by atoms with Gasteiger partial charge < -0.3 is 30.0 Å². The number of rotatable bonds is 9. The van der Waals surface area contributed by atoms with Gasteiger partial charge in [-0.3, -0.25) is 20.2 Å². The fraction of sp³-hybridized carbons (Fsp3) is 0.351. The van der Waals surface area contributed by atoms with Gasteiger partial charge in [-0.25, -0.2) is 19.6 Å². The highest BCUT2D eigenvalue weighted by molar-refractivity contribution is 5.88. The van der Waals surface area contributed by atoms with Crippen LogP contribution in [0.5, 0.6) is 23.0 Å². The molecule has 16 heteroatoms. The van der Waals surface area contributed by atoms with Gasteiger partial charge in [0, 0.05) is 31.6 Å². The molecule has 0 aliphatic heterocycles. The average Bonchev–Trinajstić information content (AvgIpc) is 3.01. The molecule has 2 aromatic carbocycles. The molecule has 0 fully saturated rings. The molecule has 0 saturated carbocycles. The van der Waals surface area contributed by atoms with Crippen molar-refractivity contribution in [3.05, 3.63) is 105 Å². The van der Waals surface area contributed by atoms with Crippen molar-refractivity contribution in [2.45, 2.75) is 82.5 Å². The Morgan fingerprint density at radius 1 is 0.642 bits per heavy atom. The molecule has 2 aromatic heterocycles. The zero-order valence-corrected chi connectivity index (χ0v) is 27.9. The fourth-order valence-corrected chi connectivity index (χ4v) is 3.79. The Hall–Kier alpha value is -6.32. The largest absolute Gasteiger partial charge is 0.457 e. The van der Waals surface area contributed by atoms with Crippen molar-refractivity contribution < 1.29 is 38.4 Å². The first-order valence-corrected chi connectivity index (χ1v) is 14.6. The number of aromatic nitrogens is 2. The molecule has 0 aliphatic carbocycles. The molecule has 0 atom stereocenters. The van der Waals surface area contributed by atoms with Crippen molar-refractivity contribution in [1.29, 1.82) is 0 Å². The summed E-state index contributed by atoms with van der Waals surface area (Å²) in [5.74, 6) is -0.0535. The lowest BCUT2D eigenvalue weighted by Gasteiger charge is -2.19. The number of nitro groups is 2. The van der Waals surface area contributed by atoms with Gasteiger partial charge in [0.15, 0.2) is 11.4 Å². The smallest absolute Gasteiger partial charge is 0.357 e. The quantitative estimate of drug-likeness (QED) is 0.0706. The van der Waals surface area contributed by atoms with Gasteiger partial charge >= 0.3 is 11.9 Å². The predicted molar refractivity (Wildman–Crippen MR) is 206 cm³/mol. The molecule has 4 aromatic rings. The summed E-state index contributed by atoms with van der Waals surface area (Å²) in [6, 6.07) is 14.4. The van der Waals surface area contributed by atoms with Gasteiger partial charge in [-0.15, -0.1) is 0 Å². The maximum atomic E-state index is 12.1. The van der Waals surface area contributed by atoms with Crippen molar-refractivity contribution in [2.24, 2.45) is 0 Å². The molecular weight excluding hydrogens is 688 g/mol. The minimum absolute atomic E-state index is 0. The molecule has 0 radical (unpaired) electrons. The highest BCUT2D eigenvalue weighted by Gasteiger charge is 2.21. The van der Waals surface area contributed by atoms with Crippen LogP contribution in [0.15, 0.2) is 73.1 Å². The number of ether oxygens (including phenoxy) is 4. The number of nitrogens with zero attached hydrogens (tertiary/aromatic N) is 4. The topological polar surface area (TPSA) is 221 Å². The van der Waals surface area contributed by atoms with Crippen LogP contribution in [0.1, 0.15) is 92.2 Å².